The highest BCUT2D eigenvalue weighted by Crippen LogP contribution is 2.42. The zero-order valence-electron chi connectivity index (χ0n) is 12.9. The Morgan fingerprint density at radius 1 is 0.950 bits per heavy atom. The van der Waals surface area contributed by atoms with Crippen LogP contribution < -0.4 is 5.32 Å². The maximum absolute atomic E-state index is 4.05. The van der Waals surface area contributed by atoms with E-state index in [0.29, 0.717) is 6.04 Å². The first-order chi connectivity index (χ1) is 9.88. The summed E-state index contributed by atoms with van der Waals surface area (Å²) in [6.45, 7) is 2.36. The summed E-state index contributed by atoms with van der Waals surface area (Å²) in [5, 5.41) is 4.05. The van der Waals surface area contributed by atoms with Crippen molar-refractivity contribution in [3.8, 4) is 0 Å². The lowest BCUT2D eigenvalue weighted by atomic mass is 9.82. The second-order valence-electron chi connectivity index (χ2n) is 6.81. The Kier molecular flexibility index (Phi) is 4.77. The Morgan fingerprint density at radius 2 is 1.65 bits per heavy atom. The Balaban J connectivity index is 1.68. The van der Waals surface area contributed by atoms with E-state index in [1.807, 2.05) is 0 Å². The molecule has 1 heteroatoms. The van der Waals surface area contributed by atoms with E-state index in [1.54, 1.807) is 0 Å². The summed E-state index contributed by atoms with van der Waals surface area (Å²) in [5.74, 6) is 1.80. The molecule has 1 N–H and O–H groups in total. The number of hydrogen-bond donors (Lipinski definition) is 1. The van der Waals surface area contributed by atoms with E-state index in [1.165, 1.54) is 56.9 Å². The van der Waals surface area contributed by atoms with E-state index in [0.717, 1.165) is 17.9 Å². The van der Waals surface area contributed by atoms with Crippen molar-refractivity contribution in [3.63, 3.8) is 0 Å². The summed E-state index contributed by atoms with van der Waals surface area (Å²) >= 11 is 0. The maximum Gasteiger partial charge on any atom is 0.0351 e. The lowest BCUT2D eigenvalue weighted by Gasteiger charge is -2.34. The Bertz CT molecular complexity index is 389. The van der Waals surface area contributed by atoms with Gasteiger partial charge in [-0.05, 0) is 49.5 Å². The fourth-order valence-corrected chi connectivity index (χ4v) is 3.95. The summed E-state index contributed by atoms with van der Waals surface area (Å²) in [6, 6.07) is 12.4. The normalized spacial score (nSPS) is 23.4. The molecule has 0 saturated heterocycles. The van der Waals surface area contributed by atoms with Gasteiger partial charge in [-0.3, -0.25) is 0 Å². The quantitative estimate of drug-likeness (QED) is 0.760. The molecule has 2 fully saturated rings. The zero-order chi connectivity index (χ0) is 13.8. The van der Waals surface area contributed by atoms with Crippen molar-refractivity contribution in [3.05, 3.63) is 35.9 Å². The smallest absolute Gasteiger partial charge is 0.0351 e. The van der Waals surface area contributed by atoms with E-state index >= 15 is 0 Å². The lowest BCUT2D eigenvalue weighted by molar-refractivity contribution is 0.238. The van der Waals surface area contributed by atoms with Gasteiger partial charge in [0.2, 0.25) is 0 Å². The third-order valence-electron chi connectivity index (χ3n) is 5.30. The van der Waals surface area contributed by atoms with Crippen molar-refractivity contribution >= 4 is 0 Å². The van der Waals surface area contributed by atoms with Gasteiger partial charge in [-0.1, -0.05) is 56.5 Å². The first kappa shape index (κ1) is 14.1. The van der Waals surface area contributed by atoms with E-state index < -0.39 is 0 Å². The monoisotopic (exact) mass is 271 g/mol. The van der Waals surface area contributed by atoms with Gasteiger partial charge < -0.3 is 5.32 Å². The van der Waals surface area contributed by atoms with E-state index in [4.69, 9.17) is 0 Å². The largest absolute Gasteiger partial charge is 0.307 e. The molecule has 2 aliphatic rings. The highest BCUT2D eigenvalue weighted by molar-refractivity contribution is 5.21. The summed E-state index contributed by atoms with van der Waals surface area (Å²) in [5.41, 5.74) is 1.50. The number of benzene rings is 1. The second kappa shape index (κ2) is 6.76. The Morgan fingerprint density at radius 3 is 2.25 bits per heavy atom. The molecule has 0 amide bonds. The molecular weight excluding hydrogens is 242 g/mol. The summed E-state index contributed by atoms with van der Waals surface area (Å²) in [6.07, 6.45) is 11.3. The van der Waals surface area contributed by atoms with Crippen LogP contribution in [0, 0.1) is 11.8 Å². The average Bonchev–Trinajstić information content (AvgIpc) is 3.35. The van der Waals surface area contributed by atoms with Crippen molar-refractivity contribution in [2.75, 3.05) is 0 Å². The van der Waals surface area contributed by atoms with Crippen LogP contribution in [0.2, 0.25) is 0 Å². The van der Waals surface area contributed by atoms with Crippen LogP contribution in [0.5, 0.6) is 0 Å². The Labute approximate surface area is 124 Å². The predicted octanol–water partition coefficient (Wildman–Crippen LogP) is 5.09. The third kappa shape index (κ3) is 3.44. The van der Waals surface area contributed by atoms with Gasteiger partial charge in [-0.25, -0.2) is 0 Å². The van der Waals surface area contributed by atoms with Crippen LogP contribution in [0.15, 0.2) is 30.3 Å². The van der Waals surface area contributed by atoms with Gasteiger partial charge in [-0.15, -0.1) is 0 Å². The van der Waals surface area contributed by atoms with Crippen LogP contribution >= 0.6 is 0 Å². The first-order valence-electron chi connectivity index (χ1n) is 8.69. The molecule has 0 aliphatic heterocycles. The molecule has 1 aromatic carbocycles. The summed E-state index contributed by atoms with van der Waals surface area (Å²) < 4.78 is 0. The van der Waals surface area contributed by atoms with Gasteiger partial charge in [0.25, 0.3) is 0 Å². The molecule has 20 heavy (non-hydrogen) atoms. The lowest BCUT2D eigenvalue weighted by Crippen LogP contribution is -2.40. The number of nitrogens with one attached hydrogen (secondary N) is 1. The van der Waals surface area contributed by atoms with Crippen LogP contribution in [0.1, 0.15) is 69.9 Å². The molecule has 0 heterocycles. The molecule has 0 aromatic heterocycles. The highest BCUT2D eigenvalue weighted by atomic mass is 15.0. The van der Waals surface area contributed by atoms with Crippen molar-refractivity contribution in [2.24, 2.45) is 11.8 Å². The van der Waals surface area contributed by atoms with E-state index in [2.05, 4.69) is 42.6 Å². The Hall–Kier alpha value is -0.820. The van der Waals surface area contributed by atoms with Gasteiger partial charge in [-0.2, -0.15) is 0 Å². The fraction of sp³-hybridized carbons (Fsp3) is 0.684. The molecule has 2 unspecified atom stereocenters. The molecule has 2 aliphatic carbocycles. The summed E-state index contributed by atoms with van der Waals surface area (Å²) in [4.78, 5) is 0. The van der Waals surface area contributed by atoms with E-state index in [-0.39, 0.29) is 0 Å². The van der Waals surface area contributed by atoms with Crippen molar-refractivity contribution < 1.29 is 0 Å². The fourth-order valence-electron chi connectivity index (χ4n) is 3.95. The average molecular weight is 271 g/mol. The van der Waals surface area contributed by atoms with Crippen molar-refractivity contribution in [1.29, 1.82) is 0 Å². The van der Waals surface area contributed by atoms with Gasteiger partial charge in [0.1, 0.15) is 0 Å². The molecule has 0 radical (unpaired) electrons. The van der Waals surface area contributed by atoms with Crippen molar-refractivity contribution in [2.45, 2.75) is 70.4 Å². The standard InChI is InChI=1S/C19H29N/c1-2-18(15-9-5-3-6-10-15)20-19(17-13-14-17)16-11-7-4-8-12-16/h4,7-8,11-12,15,17-20H,2-3,5-6,9-10,13-14H2,1H3. The maximum atomic E-state index is 4.05. The third-order valence-corrected chi connectivity index (χ3v) is 5.30. The second-order valence-corrected chi connectivity index (χ2v) is 6.81. The van der Waals surface area contributed by atoms with Gasteiger partial charge in [0.05, 0.1) is 0 Å². The molecule has 1 nitrogen and oxygen atoms in total. The van der Waals surface area contributed by atoms with Gasteiger partial charge in [0.15, 0.2) is 0 Å². The molecule has 2 saturated carbocycles. The molecule has 2 atom stereocenters. The van der Waals surface area contributed by atoms with Crippen LogP contribution in [0.3, 0.4) is 0 Å². The van der Waals surface area contributed by atoms with Crippen LogP contribution in [-0.4, -0.2) is 6.04 Å². The molecule has 0 bridgehead atoms. The predicted molar refractivity (Wildman–Crippen MR) is 85.7 cm³/mol. The van der Waals surface area contributed by atoms with E-state index in [9.17, 15) is 0 Å². The number of rotatable bonds is 6. The molecule has 110 valence electrons. The SMILES string of the molecule is CCC(NC(c1ccccc1)C1CC1)C1CCCCC1. The van der Waals surface area contributed by atoms with Gasteiger partial charge in [0, 0.05) is 12.1 Å². The topological polar surface area (TPSA) is 12.0 Å². The first-order valence-corrected chi connectivity index (χ1v) is 8.69. The minimum absolute atomic E-state index is 0.600. The van der Waals surface area contributed by atoms with Gasteiger partial charge >= 0.3 is 0 Å². The van der Waals surface area contributed by atoms with Crippen LogP contribution in [0.4, 0.5) is 0 Å². The van der Waals surface area contributed by atoms with Crippen LogP contribution in [0.25, 0.3) is 0 Å². The minimum Gasteiger partial charge on any atom is -0.307 e. The zero-order valence-corrected chi connectivity index (χ0v) is 12.9. The molecule has 1 aromatic rings. The minimum atomic E-state index is 0.600. The van der Waals surface area contributed by atoms with Crippen LogP contribution in [-0.2, 0) is 0 Å². The molecule has 0 spiro atoms. The highest BCUT2D eigenvalue weighted by Gasteiger charge is 2.34. The van der Waals surface area contributed by atoms with Crippen molar-refractivity contribution in [1.82, 2.24) is 5.32 Å². The summed E-state index contributed by atoms with van der Waals surface area (Å²) in [7, 11) is 0. The molecule has 3 rings (SSSR count). The number of hydrogen-bond acceptors (Lipinski definition) is 1. The molecular formula is C19H29N.